The largest absolute Gasteiger partial charge is 0.0801 e. The lowest BCUT2D eigenvalue weighted by molar-refractivity contribution is 0.387. The molecule has 0 fully saturated rings. The van der Waals surface area contributed by atoms with Crippen LogP contribution in [0.2, 0.25) is 0 Å². The third-order valence-electron chi connectivity index (χ3n) is 8.25. The van der Waals surface area contributed by atoms with Gasteiger partial charge < -0.3 is 0 Å². The minimum Gasteiger partial charge on any atom is -0.0801 e. The normalized spacial score (nSPS) is 20.4. The Labute approximate surface area is 189 Å². The highest BCUT2D eigenvalue weighted by atomic mass is 14.5. The van der Waals surface area contributed by atoms with Crippen LogP contribution in [0.1, 0.15) is 110 Å². The van der Waals surface area contributed by atoms with Gasteiger partial charge in [0, 0.05) is 5.41 Å². The second-order valence-electron chi connectivity index (χ2n) is 10.2. The smallest absolute Gasteiger partial charge is 0.0218 e. The van der Waals surface area contributed by atoms with Gasteiger partial charge in [0.15, 0.2) is 0 Å². The highest BCUT2D eigenvalue weighted by Gasteiger charge is 2.47. The molecule has 0 heteroatoms. The van der Waals surface area contributed by atoms with Crippen molar-refractivity contribution in [3.8, 4) is 11.1 Å². The summed E-state index contributed by atoms with van der Waals surface area (Å²) in [5.41, 5.74) is 14.3. The summed E-state index contributed by atoms with van der Waals surface area (Å²) in [6, 6.07) is 7.44. The average molecular weight is 411 g/mol. The molecule has 3 aliphatic rings. The number of fused-ring (bicyclic) bond motifs is 5. The average Bonchev–Trinajstić information content (AvgIpc) is 2.91. The molecule has 31 heavy (non-hydrogen) atoms. The summed E-state index contributed by atoms with van der Waals surface area (Å²) in [5.74, 6) is 0. The monoisotopic (exact) mass is 410 g/mol. The summed E-state index contributed by atoms with van der Waals surface area (Å²) in [4.78, 5) is 0. The van der Waals surface area contributed by atoms with Crippen LogP contribution < -0.4 is 0 Å². The number of allylic oxidation sites excluding steroid dienone is 2. The third kappa shape index (κ3) is 3.34. The van der Waals surface area contributed by atoms with Crippen LogP contribution in [-0.2, 0) is 11.8 Å². The van der Waals surface area contributed by atoms with Crippen molar-refractivity contribution in [2.75, 3.05) is 0 Å². The summed E-state index contributed by atoms with van der Waals surface area (Å²) in [6.45, 7) is 6.99. The van der Waals surface area contributed by atoms with Gasteiger partial charge in [-0.05, 0) is 96.0 Å². The molecule has 0 spiro atoms. The SMILES string of the molecule is CCCCCCCCC12CCCc3c(C)ccc(c31)-c1c2cc(C)c2c1C=CCC=C2. The summed E-state index contributed by atoms with van der Waals surface area (Å²) < 4.78 is 0. The Morgan fingerprint density at radius 3 is 2.48 bits per heavy atom. The Hall–Kier alpha value is -2.08. The molecule has 0 saturated heterocycles. The van der Waals surface area contributed by atoms with E-state index in [0.717, 1.165) is 6.42 Å². The fraction of sp³-hybridized carbons (Fsp3) is 0.484. The van der Waals surface area contributed by atoms with Gasteiger partial charge in [0.1, 0.15) is 0 Å². The van der Waals surface area contributed by atoms with Crippen LogP contribution in [-0.4, -0.2) is 0 Å². The first-order valence-corrected chi connectivity index (χ1v) is 12.8. The van der Waals surface area contributed by atoms with Gasteiger partial charge >= 0.3 is 0 Å². The lowest BCUT2D eigenvalue weighted by Gasteiger charge is -2.38. The van der Waals surface area contributed by atoms with Crippen LogP contribution in [0.15, 0.2) is 30.4 Å². The molecule has 0 aliphatic heterocycles. The highest BCUT2D eigenvalue weighted by Crippen LogP contribution is 2.59. The lowest BCUT2D eigenvalue weighted by atomic mass is 9.65. The van der Waals surface area contributed by atoms with Crippen LogP contribution in [0.3, 0.4) is 0 Å². The maximum absolute atomic E-state index is 2.58. The predicted octanol–water partition coefficient (Wildman–Crippen LogP) is 9.09. The number of hydrogen-bond acceptors (Lipinski definition) is 0. The van der Waals surface area contributed by atoms with E-state index >= 15 is 0 Å². The fourth-order valence-corrected chi connectivity index (χ4v) is 6.75. The van der Waals surface area contributed by atoms with E-state index in [9.17, 15) is 0 Å². The third-order valence-corrected chi connectivity index (χ3v) is 8.25. The number of hydrogen-bond donors (Lipinski definition) is 0. The maximum atomic E-state index is 2.58. The predicted molar refractivity (Wildman–Crippen MR) is 136 cm³/mol. The first-order valence-electron chi connectivity index (χ1n) is 12.8. The van der Waals surface area contributed by atoms with Crippen LogP contribution in [0.5, 0.6) is 0 Å². The number of aryl methyl sites for hydroxylation is 2. The summed E-state index contributed by atoms with van der Waals surface area (Å²) in [5, 5.41) is 0. The molecule has 1 unspecified atom stereocenters. The molecule has 1 atom stereocenters. The van der Waals surface area contributed by atoms with Crippen molar-refractivity contribution in [3.63, 3.8) is 0 Å². The van der Waals surface area contributed by atoms with Crippen LogP contribution in [0.4, 0.5) is 0 Å². The van der Waals surface area contributed by atoms with Crippen LogP contribution in [0.25, 0.3) is 23.3 Å². The van der Waals surface area contributed by atoms with Crippen molar-refractivity contribution in [1.82, 2.24) is 0 Å². The molecule has 3 aliphatic carbocycles. The van der Waals surface area contributed by atoms with Crippen molar-refractivity contribution in [2.45, 2.75) is 96.8 Å². The van der Waals surface area contributed by atoms with E-state index in [1.807, 2.05) is 0 Å². The summed E-state index contributed by atoms with van der Waals surface area (Å²) in [6.07, 6.45) is 24.0. The maximum Gasteiger partial charge on any atom is 0.0218 e. The van der Waals surface area contributed by atoms with Crippen molar-refractivity contribution in [1.29, 1.82) is 0 Å². The molecule has 0 saturated carbocycles. The molecule has 2 aromatic rings. The van der Waals surface area contributed by atoms with Gasteiger partial charge in [-0.25, -0.2) is 0 Å². The first kappa shape index (κ1) is 20.8. The van der Waals surface area contributed by atoms with Gasteiger partial charge in [-0.1, -0.05) is 88.0 Å². The van der Waals surface area contributed by atoms with Crippen molar-refractivity contribution < 1.29 is 0 Å². The zero-order chi connectivity index (χ0) is 21.4. The minimum absolute atomic E-state index is 0.249. The molecule has 0 amide bonds. The molecule has 2 aromatic carbocycles. The summed E-state index contributed by atoms with van der Waals surface area (Å²) >= 11 is 0. The van der Waals surface area contributed by atoms with E-state index in [-0.39, 0.29) is 5.41 Å². The van der Waals surface area contributed by atoms with Gasteiger partial charge in [0.2, 0.25) is 0 Å². The Balaban J connectivity index is 1.64. The molecule has 0 nitrogen and oxygen atoms in total. The Bertz CT molecular complexity index is 1050. The molecular weight excluding hydrogens is 372 g/mol. The van der Waals surface area contributed by atoms with Crippen molar-refractivity contribution >= 4 is 12.2 Å². The second kappa shape index (κ2) is 8.45. The zero-order valence-electron chi connectivity index (χ0n) is 19.8. The minimum atomic E-state index is 0.249. The molecule has 5 rings (SSSR count). The highest BCUT2D eigenvalue weighted by molar-refractivity contribution is 5.93. The Morgan fingerprint density at radius 1 is 0.871 bits per heavy atom. The number of unbranched alkanes of at least 4 members (excludes halogenated alkanes) is 5. The second-order valence-corrected chi connectivity index (χ2v) is 10.2. The topological polar surface area (TPSA) is 0 Å². The van der Waals surface area contributed by atoms with E-state index in [2.05, 4.69) is 63.3 Å². The van der Waals surface area contributed by atoms with E-state index < -0.39 is 0 Å². The van der Waals surface area contributed by atoms with Gasteiger partial charge in [-0.3, -0.25) is 0 Å². The van der Waals surface area contributed by atoms with Gasteiger partial charge in [0.25, 0.3) is 0 Å². The zero-order valence-corrected chi connectivity index (χ0v) is 19.8. The van der Waals surface area contributed by atoms with E-state index in [1.54, 1.807) is 27.8 Å². The molecule has 162 valence electrons. The van der Waals surface area contributed by atoms with E-state index in [0.29, 0.717) is 0 Å². The van der Waals surface area contributed by atoms with Gasteiger partial charge in [-0.2, -0.15) is 0 Å². The number of rotatable bonds is 7. The van der Waals surface area contributed by atoms with Gasteiger partial charge in [0.05, 0.1) is 0 Å². The molecule has 0 N–H and O–H groups in total. The van der Waals surface area contributed by atoms with Gasteiger partial charge in [-0.15, -0.1) is 0 Å². The first-order chi connectivity index (χ1) is 15.2. The van der Waals surface area contributed by atoms with Crippen molar-refractivity contribution in [2.24, 2.45) is 0 Å². The molecule has 0 radical (unpaired) electrons. The summed E-state index contributed by atoms with van der Waals surface area (Å²) in [7, 11) is 0. The number of benzene rings is 2. The molecule has 0 heterocycles. The van der Waals surface area contributed by atoms with Crippen LogP contribution >= 0.6 is 0 Å². The lowest BCUT2D eigenvalue weighted by Crippen LogP contribution is -2.30. The molecular formula is C31H38. The quantitative estimate of drug-likeness (QED) is 0.399. The van der Waals surface area contributed by atoms with Crippen molar-refractivity contribution in [3.05, 3.63) is 69.3 Å². The van der Waals surface area contributed by atoms with Crippen LogP contribution in [0, 0.1) is 13.8 Å². The molecule has 0 bridgehead atoms. The van der Waals surface area contributed by atoms with E-state index in [4.69, 9.17) is 0 Å². The Morgan fingerprint density at radius 2 is 1.65 bits per heavy atom. The standard InChI is InChI=1S/C31H38/c1-4-5-6-7-8-12-19-31-20-13-16-25-22(2)17-18-27(30(25)31)29-26-15-11-9-10-14-24(26)23(3)21-28(29)31/h10-11,14-15,17-18,21H,4-9,12-13,16,19-20H2,1-3H3. The Kier molecular flexibility index (Phi) is 5.67. The fourth-order valence-electron chi connectivity index (χ4n) is 6.75. The molecule has 0 aromatic heterocycles. The van der Waals surface area contributed by atoms with E-state index in [1.165, 1.54) is 86.5 Å².